The SMILES string of the molecule is C#CCC(NC(=O)CC(CNC(=O)OCC1c2ccccc2-c2ccccc21)C(C)C)C(=O)O. The lowest BCUT2D eigenvalue weighted by Gasteiger charge is -2.22. The maximum atomic E-state index is 12.5. The van der Waals surface area contributed by atoms with Crippen LogP contribution >= 0.6 is 0 Å². The van der Waals surface area contributed by atoms with Gasteiger partial charge >= 0.3 is 12.1 Å². The fraction of sp³-hybridized carbons (Fsp3) is 0.370. The number of nitrogens with one attached hydrogen (secondary N) is 2. The van der Waals surface area contributed by atoms with Gasteiger partial charge in [0.15, 0.2) is 0 Å². The van der Waals surface area contributed by atoms with Gasteiger partial charge in [-0.25, -0.2) is 9.59 Å². The van der Waals surface area contributed by atoms with Gasteiger partial charge in [-0.05, 0) is 34.1 Å². The number of terminal acetylenes is 1. The average molecular weight is 463 g/mol. The fourth-order valence-electron chi connectivity index (χ4n) is 4.22. The van der Waals surface area contributed by atoms with Gasteiger partial charge in [-0.15, -0.1) is 12.3 Å². The predicted octanol–water partition coefficient (Wildman–Crippen LogP) is 3.78. The molecule has 2 aromatic rings. The first-order valence-corrected chi connectivity index (χ1v) is 11.4. The molecule has 1 aliphatic carbocycles. The smallest absolute Gasteiger partial charge is 0.407 e. The summed E-state index contributed by atoms with van der Waals surface area (Å²) in [5.74, 6) is 0.506. The van der Waals surface area contributed by atoms with Crippen LogP contribution in [0.4, 0.5) is 4.79 Å². The Morgan fingerprint density at radius 1 is 1.06 bits per heavy atom. The molecule has 2 aromatic carbocycles. The topological polar surface area (TPSA) is 105 Å². The van der Waals surface area contributed by atoms with Crippen molar-refractivity contribution in [2.24, 2.45) is 11.8 Å². The summed E-state index contributed by atoms with van der Waals surface area (Å²) in [5.41, 5.74) is 4.58. The van der Waals surface area contributed by atoms with Gasteiger partial charge < -0.3 is 20.5 Å². The van der Waals surface area contributed by atoms with E-state index >= 15 is 0 Å². The Hall–Kier alpha value is -3.79. The Morgan fingerprint density at radius 3 is 2.18 bits per heavy atom. The van der Waals surface area contributed by atoms with Crippen LogP contribution in [0.1, 0.15) is 43.7 Å². The summed E-state index contributed by atoms with van der Waals surface area (Å²) in [6.45, 7) is 4.31. The van der Waals surface area contributed by atoms with E-state index in [9.17, 15) is 14.4 Å². The highest BCUT2D eigenvalue weighted by Crippen LogP contribution is 2.44. The van der Waals surface area contributed by atoms with Crippen molar-refractivity contribution < 1.29 is 24.2 Å². The van der Waals surface area contributed by atoms with Crippen LogP contribution in [0.5, 0.6) is 0 Å². The van der Waals surface area contributed by atoms with Crippen molar-refractivity contribution in [2.45, 2.75) is 38.6 Å². The van der Waals surface area contributed by atoms with Crippen LogP contribution in [0.25, 0.3) is 11.1 Å². The van der Waals surface area contributed by atoms with Gasteiger partial charge in [0.2, 0.25) is 5.91 Å². The molecule has 0 saturated carbocycles. The zero-order valence-electron chi connectivity index (χ0n) is 19.4. The highest BCUT2D eigenvalue weighted by Gasteiger charge is 2.29. The lowest BCUT2D eigenvalue weighted by Crippen LogP contribution is -2.42. The van der Waals surface area contributed by atoms with Crippen molar-refractivity contribution in [3.8, 4) is 23.5 Å². The highest BCUT2D eigenvalue weighted by atomic mass is 16.5. The molecule has 2 amide bonds. The molecule has 0 aromatic heterocycles. The zero-order valence-corrected chi connectivity index (χ0v) is 19.4. The Balaban J connectivity index is 1.54. The van der Waals surface area contributed by atoms with Crippen LogP contribution in [0.2, 0.25) is 0 Å². The van der Waals surface area contributed by atoms with Crippen molar-refractivity contribution in [3.05, 3.63) is 59.7 Å². The number of carbonyl (C=O) groups excluding carboxylic acids is 2. The van der Waals surface area contributed by atoms with E-state index in [1.165, 1.54) is 0 Å². The molecule has 2 unspecified atom stereocenters. The van der Waals surface area contributed by atoms with E-state index < -0.39 is 24.0 Å². The number of rotatable bonds is 10. The van der Waals surface area contributed by atoms with Crippen LogP contribution in [-0.2, 0) is 14.3 Å². The van der Waals surface area contributed by atoms with E-state index in [2.05, 4.69) is 40.8 Å². The number of carboxylic acids is 1. The molecule has 2 atom stereocenters. The molecule has 0 saturated heterocycles. The summed E-state index contributed by atoms with van der Waals surface area (Å²) < 4.78 is 5.55. The summed E-state index contributed by atoms with van der Waals surface area (Å²) in [5, 5.41) is 14.4. The molecule has 0 aliphatic heterocycles. The molecule has 1 aliphatic rings. The minimum atomic E-state index is -1.18. The first-order valence-electron chi connectivity index (χ1n) is 11.4. The summed E-state index contributed by atoms with van der Waals surface area (Å²) in [4.78, 5) is 36.0. The van der Waals surface area contributed by atoms with E-state index in [0.29, 0.717) is 0 Å². The standard InChI is InChI=1S/C27H30N2O5/c1-4-9-24(26(31)32)29-25(30)14-18(17(2)3)15-28-27(33)34-16-23-21-12-7-5-10-19(21)20-11-6-8-13-22(20)23/h1,5-8,10-13,17-18,23-24H,9,14-16H2,2-3H3,(H,28,33)(H,29,30)(H,31,32). The van der Waals surface area contributed by atoms with Crippen molar-refractivity contribution in [2.75, 3.05) is 13.2 Å². The quantitative estimate of drug-likeness (QED) is 0.466. The molecule has 0 spiro atoms. The van der Waals surface area contributed by atoms with Gasteiger partial charge in [0.1, 0.15) is 12.6 Å². The maximum Gasteiger partial charge on any atom is 0.407 e. The first-order chi connectivity index (χ1) is 16.3. The van der Waals surface area contributed by atoms with Gasteiger partial charge in [0, 0.05) is 25.3 Å². The van der Waals surface area contributed by atoms with Crippen molar-refractivity contribution in [1.82, 2.24) is 10.6 Å². The van der Waals surface area contributed by atoms with Gasteiger partial charge in [-0.3, -0.25) is 4.79 Å². The number of amides is 2. The number of fused-ring (bicyclic) bond motifs is 3. The van der Waals surface area contributed by atoms with E-state index in [1.807, 2.05) is 38.1 Å². The minimum absolute atomic E-state index is 0.0334. The third-order valence-electron chi connectivity index (χ3n) is 6.20. The molecular weight excluding hydrogens is 432 g/mol. The maximum absolute atomic E-state index is 12.5. The largest absolute Gasteiger partial charge is 0.480 e. The molecule has 34 heavy (non-hydrogen) atoms. The molecule has 3 rings (SSSR count). The monoisotopic (exact) mass is 462 g/mol. The lowest BCUT2D eigenvalue weighted by molar-refractivity contribution is -0.141. The van der Waals surface area contributed by atoms with E-state index in [-0.39, 0.29) is 43.7 Å². The summed E-state index contributed by atoms with van der Waals surface area (Å²) in [6, 6.07) is 15.1. The molecule has 0 radical (unpaired) electrons. The Labute approximate surface area is 199 Å². The number of carbonyl (C=O) groups is 3. The fourth-order valence-corrected chi connectivity index (χ4v) is 4.22. The number of carboxylic acid groups (broad SMARTS) is 1. The number of ether oxygens (including phenoxy) is 1. The molecule has 7 heteroatoms. The number of alkyl carbamates (subject to hydrolysis) is 1. The highest BCUT2D eigenvalue weighted by molar-refractivity contribution is 5.84. The third-order valence-corrected chi connectivity index (χ3v) is 6.20. The third kappa shape index (κ3) is 5.96. The molecular formula is C27H30N2O5. The van der Waals surface area contributed by atoms with Crippen LogP contribution in [0.3, 0.4) is 0 Å². The number of hydrogen-bond donors (Lipinski definition) is 3. The summed E-state index contributed by atoms with van der Waals surface area (Å²) in [7, 11) is 0. The average Bonchev–Trinajstić information content (AvgIpc) is 3.13. The number of benzene rings is 2. The second-order valence-electron chi connectivity index (χ2n) is 8.78. The summed E-state index contributed by atoms with van der Waals surface area (Å²) in [6.07, 6.45) is 4.60. The van der Waals surface area contributed by atoms with Crippen LogP contribution in [-0.4, -0.2) is 42.3 Å². The van der Waals surface area contributed by atoms with Crippen molar-refractivity contribution >= 4 is 18.0 Å². The first kappa shape index (κ1) is 24.8. The Kier molecular flexibility index (Phi) is 8.31. The Bertz CT molecular complexity index is 1040. The normalized spacial score (nSPS) is 13.8. The molecule has 7 nitrogen and oxygen atoms in total. The van der Waals surface area contributed by atoms with Gasteiger partial charge in [0.25, 0.3) is 0 Å². The van der Waals surface area contributed by atoms with Crippen molar-refractivity contribution in [1.29, 1.82) is 0 Å². The Morgan fingerprint density at radius 2 is 1.65 bits per heavy atom. The summed E-state index contributed by atoms with van der Waals surface area (Å²) >= 11 is 0. The zero-order chi connectivity index (χ0) is 24.7. The second kappa shape index (κ2) is 11.4. The predicted molar refractivity (Wildman–Crippen MR) is 129 cm³/mol. The van der Waals surface area contributed by atoms with E-state index in [0.717, 1.165) is 22.3 Å². The number of aliphatic carboxylic acids is 1. The molecule has 178 valence electrons. The number of hydrogen-bond acceptors (Lipinski definition) is 4. The van der Waals surface area contributed by atoms with Crippen LogP contribution in [0, 0.1) is 24.2 Å². The lowest BCUT2D eigenvalue weighted by atomic mass is 9.92. The van der Waals surface area contributed by atoms with Crippen LogP contribution in [0.15, 0.2) is 48.5 Å². The molecule has 3 N–H and O–H groups in total. The second-order valence-corrected chi connectivity index (χ2v) is 8.78. The molecule has 0 heterocycles. The van der Waals surface area contributed by atoms with E-state index in [1.54, 1.807) is 0 Å². The van der Waals surface area contributed by atoms with E-state index in [4.69, 9.17) is 16.3 Å². The van der Waals surface area contributed by atoms with Gasteiger partial charge in [-0.1, -0.05) is 62.4 Å². The van der Waals surface area contributed by atoms with Gasteiger partial charge in [-0.2, -0.15) is 0 Å². The van der Waals surface area contributed by atoms with Crippen LogP contribution < -0.4 is 10.6 Å². The van der Waals surface area contributed by atoms with Crippen molar-refractivity contribution in [3.63, 3.8) is 0 Å². The molecule has 0 fully saturated rings. The minimum Gasteiger partial charge on any atom is -0.480 e. The molecule has 0 bridgehead atoms. The van der Waals surface area contributed by atoms with Gasteiger partial charge in [0.05, 0.1) is 0 Å².